The summed E-state index contributed by atoms with van der Waals surface area (Å²) < 4.78 is 0. The minimum Gasteiger partial charge on any atom is -0.368 e. The van der Waals surface area contributed by atoms with Gasteiger partial charge in [-0.15, -0.1) is 9.92 Å². The van der Waals surface area contributed by atoms with E-state index in [1.165, 1.54) is 0 Å². The maximum atomic E-state index is 9.62. The lowest BCUT2D eigenvalue weighted by atomic mass is 10.8. The van der Waals surface area contributed by atoms with Gasteiger partial charge in [-0.1, -0.05) is 0 Å². The number of nitrogens with zero attached hydrogens (tertiary/aromatic N) is 2. The van der Waals surface area contributed by atoms with Crippen LogP contribution in [0.25, 0.3) is 0 Å². The predicted molar refractivity (Wildman–Crippen MR) is 31.5 cm³/mol. The van der Waals surface area contributed by atoms with Crippen molar-refractivity contribution in [1.29, 1.82) is 10.8 Å². The molecule has 0 amide bonds. The molecular formula is C2H6N6O. The second kappa shape index (κ2) is 2.60. The van der Waals surface area contributed by atoms with Crippen LogP contribution in [0.5, 0.6) is 0 Å². The van der Waals surface area contributed by atoms with Gasteiger partial charge in [0, 0.05) is 0 Å². The molecule has 0 aliphatic heterocycles. The lowest BCUT2D eigenvalue weighted by molar-refractivity contribution is 0.624. The fourth-order valence-electron chi connectivity index (χ4n) is 0.218. The summed E-state index contributed by atoms with van der Waals surface area (Å²) in [4.78, 5) is 9.62. The van der Waals surface area contributed by atoms with Crippen LogP contribution in [0.2, 0.25) is 0 Å². The van der Waals surface area contributed by atoms with Crippen molar-refractivity contribution >= 4 is 11.9 Å². The molecule has 0 atom stereocenters. The molecule has 0 aliphatic carbocycles. The molecule has 0 aromatic carbocycles. The Morgan fingerprint density at radius 2 is 1.67 bits per heavy atom. The maximum Gasteiger partial charge on any atom is 0.219 e. The van der Waals surface area contributed by atoms with E-state index in [0.29, 0.717) is 0 Å². The van der Waals surface area contributed by atoms with Gasteiger partial charge in [-0.05, 0) is 0 Å². The molecule has 7 heteroatoms. The molecule has 0 fully saturated rings. The lowest BCUT2D eigenvalue weighted by Gasteiger charge is -2.07. The van der Waals surface area contributed by atoms with E-state index in [1.807, 2.05) is 0 Å². The van der Waals surface area contributed by atoms with Crippen LogP contribution >= 0.6 is 0 Å². The molecule has 6 N–H and O–H groups in total. The van der Waals surface area contributed by atoms with Gasteiger partial charge < -0.3 is 11.5 Å². The van der Waals surface area contributed by atoms with E-state index < -0.39 is 11.9 Å². The van der Waals surface area contributed by atoms with E-state index in [9.17, 15) is 4.91 Å². The van der Waals surface area contributed by atoms with E-state index in [-0.39, 0.29) is 5.01 Å². The average molecular weight is 130 g/mol. The highest BCUT2D eigenvalue weighted by Gasteiger charge is 2.07. The zero-order chi connectivity index (χ0) is 7.44. The summed E-state index contributed by atoms with van der Waals surface area (Å²) in [5, 5.41) is 15.6. The molecule has 0 radical (unpaired) electrons. The zero-order valence-corrected chi connectivity index (χ0v) is 4.46. The zero-order valence-electron chi connectivity index (χ0n) is 4.46. The second-order valence-electron chi connectivity index (χ2n) is 1.16. The van der Waals surface area contributed by atoms with Crippen molar-refractivity contribution < 1.29 is 0 Å². The SMILES string of the molecule is N=C(N)N(N=O)C(=N)N. The van der Waals surface area contributed by atoms with E-state index in [4.69, 9.17) is 22.3 Å². The molecule has 0 aromatic rings. The van der Waals surface area contributed by atoms with Crippen LogP contribution in [-0.4, -0.2) is 16.9 Å². The van der Waals surface area contributed by atoms with Gasteiger partial charge in [-0.2, -0.15) is 0 Å². The second-order valence-corrected chi connectivity index (χ2v) is 1.16. The quantitative estimate of drug-likeness (QED) is 0.153. The Morgan fingerprint density at radius 1 is 1.33 bits per heavy atom. The summed E-state index contributed by atoms with van der Waals surface area (Å²) in [6, 6.07) is 0. The smallest absolute Gasteiger partial charge is 0.219 e. The number of nitroso groups, excluding NO2 is 1. The fourth-order valence-corrected chi connectivity index (χ4v) is 0.218. The van der Waals surface area contributed by atoms with Crippen LogP contribution < -0.4 is 11.5 Å². The van der Waals surface area contributed by atoms with Crippen LogP contribution in [0.3, 0.4) is 0 Å². The number of hydrogen-bond acceptors (Lipinski definition) is 4. The number of rotatable bonds is 1. The van der Waals surface area contributed by atoms with Crippen molar-refractivity contribution in [2.45, 2.75) is 0 Å². The molecule has 0 aliphatic rings. The number of hydrogen-bond donors (Lipinski definition) is 4. The molecule has 9 heavy (non-hydrogen) atoms. The molecular weight excluding hydrogens is 124 g/mol. The highest BCUT2D eigenvalue weighted by Crippen LogP contribution is 1.81. The number of nitrogens with one attached hydrogen (secondary N) is 2. The Balaban J connectivity index is 4.16. The summed E-state index contributed by atoms with van der Waals surface area (Å²) in [6.45, 7) is 0. The summed E-state index contributed by atoms with van der Waals surface area (Å²) in [5.41, 5.74) is 9.49. The summed E-state index contributed by atoms with van der Waals surface area (Å²) in [7, 11) is 0. The average Bonchev–Trinajstić information content (AvgIpc) is 1.64. The fraction of sp³-hybridized carbons (Fsp3) is 0. The van der Waals surface area contributed by atoms with Crippen LogP contribution in [-0.2, 0) is 0 Å². The first kappa shape index (κ1) is 7.34. The first-order chi connectivity index (χ1) is 4.09. The molecule has 7 nitrogen and oxygen atoms in total. The number of nitrogens with two attached hydrogens (primary N) is 2. The highest BCUT2D eigenvalue weighted by atomic mass is 16.3. The van der Waals surface area contributed by atoms with Gasteiger partial charge in [0.2, 0.25) is 11.9 Å². The first-order valence-electron chi connectivity index (χ1n) is 1.91. The van der Waals surface area contributed by atoms with Gasteiger partial charge in [0.25, 0.3) is 0 Å². The molecule has 0 saturated carbocycles. The molecule has 0 unspecified atom stereocenters. The molecule has 0 bridgehead atoms. The molecule has 0 aromatic heterocycles. The summed E-state index contributed by atoms with van der Waals surface area (Å²) in [5.74, 6) is -1.34. The highest BCUT2D eigenvalue weighted by molar-refractivity contribution is 5.93. The van der Waals surface area contributed by atoms with Crippen molar-refractivity contribution in [2.24, 2.45) is 16.8 Å². The van der Waals surface area contributed by atoms with Crippen LogP contribution in [0, 0.1) is 15.7 Å². The molecule has 0 heterocycles. The minimum absolute atomic E-state index is 0.250. The first-order valence-corrected chi connectivity index (χ1v) is 1.91. The van der Waals surface area contributed by atoms with Crippen LogP contribution in [0.15, 0.2) is 5.29 Å². The maximum absolute atomic E-state index is 9.62. The minimum atomic E-state index is -0.669. The van der Waals surface area contributed by atoms with E-state index in [0.717, 1.165) is 0 Å². The molecule has 0 spiro atoms. The van der Waals surface area contributed by atoms with Gasteiger partial charge in [0.1, 0.15) is 0 Å². The molecule has 0 rings (SSSR count). The van der Waals surface area contributed by atoms with E-state index >= 15 is 0 Å². The Bertz CT molecular complexity index is 137. The van der Waals surface area contributed by atoms with Gasteiger partial charge in [-0.25, -0.2) is 0 Å². The van der Waals surface area contributed by atoms with Crippen molar-refractivity contribution in [3.05, 3.63) is 4.91 Å². The van der Waals surface area contributed by atoms with E-state index in [2.05, 4.69) is 5.29 Å². The third-order valence-electron chi connectivity index (χ3n) is 0.538. The largest absolute Gasteiger partial charge is 0.368 e. The Kier molecular flexibility index (Phi) is 2.12. The van der Waals surface area contributed by atoms with Gasteiger partial charge in [-0.3, -0.25) is 10.8 Å². The van der Waals surface area contributed by atoms with Gasteiger partial charge in [0.05, 0.1) is 5.29 Å². The Hall–Kier alpha value is -1.66. The predicted octanol–water partition coefficient (Wildman–Crippen LogP) is -1.24. The van der Waals surface area contributed by atoms with Crippen LogP contribution in [0.1, 0.15) is 0 Å². The normalized spacial score (nSPS) is 8.00. The van der Waals surface area contributed by atoms with Gasteiger partial charge in [0.15, 0.2) is 0 Å². The van der Waals surface area contributed by atoms with Crippen molar-refractivity contribution in [2.75, 3.05) is 0 Å². The van der Waals surface area contributed by atoms with Crippen molar-refractivity contribution in [1.82, 2.24) is 5.01 Å². The van der Waals surface area contributed by atoms with E-state index in [1.54, 1.807) is 0 Å². The van der Waals surface area contributed by atoms with Crippen LogP contribution in [0.4, 0.5) is 0 Å². The van der Waals surface area contributed by atoms with Crippen molar-refractivity contribution in [3.8, 4) is 0 Å². The molecule has 50 valence electrons. The summed E-state index contributed by atoms with van der Waals surface area (Å²) in [6.07, 6.45) is 0. The Labute approximate surface area is 50.6 Å². The third kappa shape index (κ3) is 1.72. The monoisotopic (exact) mass is 130 g/mol. The van der Waals surface area contributed by atoms with Gasteiger partial charge >= 0.3 is 0 Å². The standard InChI is InChI=1S/C2H6N6O/c3-1(4)8(7-9)2(5)6/h(H3,3,4)(H3,5,6). The Morgan fingerprint density at radius 3 is 1.67 bits per heavy atom. The lowest BCUT2D eigenvalue weighted by Crippen LogP contribution is -2.40. The summed E-state index contributed by atoms with van der Waals surface area (Å²) >= 11 is 0. The molecule has 0 saturated heterocycles. The van der Waals surface area contributed by atoms with Crippen molar-refractivity contribution in [3.63, 3.8) is 0 Å². The topological polar surface area (TPSA) is 132 Å². The third-order valence-corrected chi connectivity index (χ3v) is 0.538. The number of guanidine groups is 2.